The quantitative estimate of drug-likeness (QED) is 0.648. The van der Waals surface area contributed by atoms with E-state index >= 15 is 0 Å². The highest BCUT2D eigenvalue weighted by atomic mass is 79.9. The SMILES string of the molecule is Cc1ccc(-c2nc(Cl)c(Br)c(C(C)C)n2)cc1Cl. The Morgan fingerprint density at radius 1 is 1.16 bits per heavy atom. The topological polar surface area (TPSA) is 25.8 Å². The molecule has 0 fully saturated rings. The predicted molar refractivity (Wildman–Crippen MR) is 84.0 cm³/mol. The Morgan fingerprint density at radius 3 is 2.42 bits per heavy atom. The smallest absolute Gasteiger partial charge is 0.161 e. The molecule has 2 nitrogen and oxygen atoms in total. The van der Waals surface area contributed by atoms with Crippen LogP contribution in [0.5, 0.6) is 0 Å². The normalized spacial score (nSPS) is 11.1. The Balaban J connectivity index is 2.59. The van der Waals surface area contributed by atoms with Crippen LogP contribution in [-0.2, 0) is 0 Å². The average molecular weight is 360 g/mol. The van der Waals surface area contributed by atoms with Gasteiger partial charge in [-0.3, -0.25) is 0 Å². The number of hydrogen-bond acceptors (Lipinski definition) is 2. The van der Waals surface area contributed by atoms with Crippen molar-refractivity contribution in [2.24, 2.45) is 0 Å². The summed E-state index contributed by atoms with van der Waals surface area (Å²) < 4.78 is 0.756. The second-order valence-electron chi connectivity index (χ2n) is 4.66. The van der Waals surface area contributed by atoms with Crippen LogP contribution in [-0.4, -0.2) is 9.97 Å². The maximum absolute atomic E-state index is 6.15. The summed E-state index contributed by atoms with van der Waals surface area (Å²) in [5.41, 5.74) is 2.79. The van der Waals surface area contributed by atoms with E-state index in [1.54, 1.807) is 0 Å². The number of aromatic nitrogens is 2. The van der Waals surface area contributed by atoms with Gasteiger partial charge in [0.1, 0.15) is 5.15 Å². The van der Waals surface area contributed by atoms with Crippen molar-refractivity contribution in [1.29, 1.82) is 0 Å². The number of halogens is 3. The minimum atomic E-state index is 0.259. The van der Waals surface area contributed by atoms with E-state index in [9.17, 15) is 0 Å². The number of hydrogen-bond donors (Lipinski definition) is 0. The first-order valence-electron chi connectivity index (χ1n) is 5.89. The zero-order chi connectivity index (χ0) is 14.2. The Bertz CT molecular complexity index is 627. The van der Waals surface area contributed by atoms with E-state index in [1.807, 2.05) is 25.1 Å². The first-order valence-corrected chi connectivity index (χ1v) is 7.44. The number of nitrogens with zero attached hydrogens (tertiary/aromatic N) is 2. The van der Waals surface area contributed by atoms with Crippen LogP contribution < -0.4 is 0 Å². The van der Waals surface area contributed by atoms with Gasteiger partial charge < -0.3 is 0 Å². The summed E-state index contributed by atoms with van der Waals surface area (Å²) in [6.07, 6.45) is 0. The van der Waals surface area contributed by atoms with Crippen molar-refractivity contribution in [2.45, 2.75) is 26.7 Å². The standard InChI is InChI=1S/C14H13BrCl2N2/c1-7(2)12-11(15)13(17)19-14(18-12)9-5-4-8(3)10(16)6-9/h4-7H,1-3H3. The summed E-state index contributed by atoms with van der Waals surface area (Å²) in [5, 5.41) is 1.12. The molecule has 1 aromatic carbocycles. The second kappa shape index (κ2) is 5.78. The lowest BCUT2D eigenvalue weighted by molar-refractivity contribution is 0.809. The van der Waals surface area contributed by atoms with Gasteiger partial charge in [0.2, 0.25) is 0 Å². The van der Waals surface area contributed by atoms with Gasteiger partial charge in [-0.15, -0.1) is 0 Å². The van der Waals surface area contributed by atoms with Crippen molar-refractivity contribution in [2.75, 3.05) is 0 Å². The summed E-state index contributed by atoms with van der Waals surface area (Å²) in [6, 6.07) is 5.76. The van der Waals surface area contributed by atoms with Gasteiger partial charge in [-0.05, 0) is 40.4 Å². The van der Waals surface area contributed by atoms with Crippen molar-refractivity contribution in [3.8, 4) is 11.4 Å². The molecule has 0 aliphatic heterocycles. The summed E-state index contributed by atoms with van der Waals surface area (Å²) >= 11 is 15.7. The summed E-state index contributed by atoms with van der Waals surface area (Å²) in [4.78, 5) is 8.88. The van der Waals surface area contributed by atoms with Crippen LogP contribution in [0.3, 0.4) is 0 Å². The Hall–Kier alpha value is -0.640. The van der Waals surface area contributed by atoms with E-state index < -0.39 is 0 Å². The molecule has 1 aromatic heterocycles. The Kier molecular flexibility index (Phi) is 4.49. The number of benzene rings is 1. The first-order chi connectivity index (χ1) is 8.90. The molecule has 0 aliphatic rings. The minimum Gasteiger partial charge on any atom is -0.232 e. The van der Waals surface area contributed by atoms with Crippen LogP contribution >= 0.6 is 39.1 Å². The molecule has 19 heavy (non-hydrogen) atoms. The molecule has 5 heteroatoms. The molecule has 0 amide bonds. The third-order valence-electron chi connectivity index (χ3n) is 2.81. The van der Waals surface area contributed by atoms with E-state index in [1.165, 1.54) is 0 Å². The minimum absolute atomic E-state index is 0.259. The van der Waals surface area contributed by atoms with Gasteiger partial charge in [-0.1, -0.05) is 49.2 Å². The maximum Gasteiger partial charge on any atom is 0.161 e. The lowest BCUT2D eigenvalue weighted by Crippen LogP contribution is -2.00. The van der Waals surface area contributed by atoms with E-state index in [0.29, 0.717) is 16.0 Å². The fourth-order valence-electron chi connectivity index (χ4n) is 1.68. The van der Waals surface area contributed by atoms with Crippen molar-refractivity contribution in [3.05, 3.63) is 44.1 Å². The van der Waals surface area contributed by atoms with Crippen molar-refractivity contribution in [1.82, 2.24) is 9.97 Å². The van der Waals surface area contributed by atoms with Crippen LogP contribution in [0.4, 0.5) is 0 Å². The van der Waals surface area contributed by atoms with Gasteiger partial charge >= 0.3 is 0 Å². The Labute approximate surface area is 131 Å². The molecule has 0 spiro atoms. The third-order valence-corrected chi connectivity index (χ3v) is 4.50. The van der Waals surface area contributed by atoms with Crippen molar-refractivity contribution in [3.63, 3.8) is 0 Å². The van der Waals surface area contributed by atoms with Crippen LogP contribution in [0, 0.1) is 6.92 Å². The van der Waals surface area contributed by atoms with Crippen LogP contribution in [0.2, 0.25) is 10.2 Å². The van der Waals surface area contributed by atoms with E-state index in [4.69, 9.17) is 23.2 Å². The van der Waals surface area contributed by atoms with Gasteiger partial charge in [0, 0.05) is 10.6 Å². The molecule has 0 saturated carbocycles. The average Bonchev–Trinajstić information content (AvgIpc) is 2.35. The lowest BCUT2D eigenvalue weighted by Gasteiger charge is -2.11. The maximum atomic E-state index is 6.15. The first kappa shape index (κ1) is 14.8. The summed E-state index contributed by atoms with van der Waals surface area (Å²) in [6.45, 7) is 6.09. The highest BCUT2D eigenvalue weighted by Gasteiger charge is 2.15. The molecular formula is C14H13BrCl2N2. The summed E-state index contributed by atoms with van der Waals surface area (Å²) in [7, 11) is 0. The van der Waals surface area contributed by atoms with Crippen LogP contribution in [0.15, 0.2) is 22.7 Å². The highest BCUT2D eigenvalue weighted by Crippen LogP contribution is 2.32. The van der Waals surface area contributed by atoms with Crippen molar-refractivity contribution >= 4 is 39.1 Å². The van der Waals surface area contributed by atoms with Gasteiger partial charge in [0.25, 0.3) is 0 Å². The monoisotopic (exact) mass is 358 g/mol. The molecule has 0 atom stereocenters. The molecule has 0 unspecified atom stereocenters. The molecule has 0 bridgehead atoms. The van der Waals surface area contributed by atoms with Gasteiger partial charge in [-0.2, -0.15) is 0 Å². The number of aryl methyl sites for hydroxylation is 1. The highest BCUT2D eigenvalue weighted by molar-refractivity contribution is 9.10. The predicted octanol–water partition coefficient (Wildman–Crippen LogP) is 5.64. The lowest BCUT2D eigenvalue weighted by atomic mass is 10.1. The van der Waals surface area contributed by atoms with Crippen LogP contribution in [0.25, 0.3) is 11.4 Å². The molecule has 0 radical (unpaired) electrons. The second-order valence-corrected chi connectivity index (χ2v) is 6.21. The van der Waals surface area contributed by atoms with E-state index in [0.717, 1.165) is 21.3 Å². The van der Waals surface area contributed by atoms with E-state index in [-0.39, 0.29) is 5.92 Å². The fourth-order valence-corrected chi connectivity index (χ4v) is 2.67. The molecule has 2 rings (SSSR count). The molecule has 0 aliphatic carbocycles. The molecule has 0 saturated heterocycles. The molecular weight excluding hydrogens is 347 g/mol. The third kappa shape index (κ3) is 3.10. The molecule has 100 valence electrons. The largest absolute Gasteiger partial charge is 0.232 e. The zero-order valence-electron chi connectivity index (χ0n) is 10.8. The molecule has 2 aromatic rings. The van der Waals surface area contributed by atoms with Gasteiger partial charge in [-0.25, -0.2) is 9.97 Å². The van der Waals surface area contributed by atoms with E-state index in [2.05, 4.69) is 39.7 Å². The number of rotatable bonds is 2. The molecule has 0 N–H and O–H groups in total. The van der Waals surface area contributed by atoms with Crippen molar-refractivity contribution < 1.29 is 0 Å². The molecule has 1 heterocycles. The van der Waals surface area contributed by atoms with Gasteiger partial charge in [0.05, 0.1) is 10.2 Å². The Morgan fingerprint density at radius 2 is 1.84 bits per heavy atom. The zero-order valence-corrected chi connectivity index (χ0v) is 13.9. The fraction of sp³-hybridized carbons (Fsp3) is 0.286. The van der Waals surface area contributed by atoms with Crippen LogP contribution in [0.1, 0.15) is 31.0 Å². The summed E-state index contributed by atoms with van der Waals surface area (Å²) in [5.74, 6) is 0.855. The van der Waals surface area contributed by atoms with Gasteiger partial charge in [0.15, 0.2) is 5.82 Å².